The van der Waals surface area contributed by atoms with E-state index in [1.807, 2.05) is 30.3 Å². The van der Waals surface area contributed by atoms with Gasteiger partial charge < -0.3 is 10.2 Å². The monoisotopic (exact) mass is 351 g/mol. The molecule has 0 saturated carbocycles. The maximum atomic E-state index is 12.9. The third-order valence-electron chi connectivity index (χ3n) is 4.73. The van der Waals surface area contributed by atoms with Crippen LogP contribution in [0.15, 0.2) is 41.8 Å². The molecule has 4 rings (SSSR count). The molecule has 0 spiro atoms. The summed E-state index contributed by atoms with van der Waals surface area (Å²) in [5.41, 5.74) is 2.84. The van der Waals surface area contributed by atoms with Crippen LogP contribution in [0.1, 0.15) is 33.6 Å². The zero-order chi connectivity index (χ0) is 17.2. The third kappa shape index (κ3) is 3.24. The Balaban J connectivity index is 1.67. The molecule has 25 heavy (non-hydrogen) atoms. The summed E-state index contributed by atoms with van der Waals surface area (Å²) in [6.45, 7) is 4.57. The van der Waals surface area contributed by atoms with Gasteiger partial charge in [-0.2, -0.15) is 0 Å². The molecule has 5 heteroatoms. The third-order valence-corrected chi connectivity index (χ3v) is 5.75. The number of anilines is 1. The molecule has 1 N–H and O–H groups in total. The van der Waals surface area contributed by atoms with E-state index in [0.29, 0.717) is 12.1 Å². The smallest absolute Gasteiger partial charge is 0.255 e. The first-order chi connectivity index (χ1) is 12.2. The number of carbonyl (C=O) groups excluding carboxylic acids is 1. The van der Waals surface area contributed by atoms with Gasteiger partial charge in [0, 0.05) is 23.4 Å². The summed E-state index contributed by atoms with van der Waals surface area (Å²) < 4.78 is 0. The molecule has 0 aliphatic carbocycles. The van der Waals surface area contributed by atoms with Gasteiger partial charge in [0.05, 0.1) is 17.6 Å². The Kier molecular flexibility index (Phi) is 4.40. The van der Waals surface area contributed by atoms with Crippen LogP contribution in [-0.2, 0) is 6.54 Å². The molecule has 128 valence electrons. The number of rotatable bonds is 4. The van der Waals surface area contributed by atoms with Gasteiger partial charge in [-0.1, -0.05) is 18.2 Å². The van der Waals surface area contributed by atoms with Gasteiger partial charge in [-0.25, -0.2) is 4.98 Å². The van der Waals surface area contributed by atoms with Gasteiger partial charge in [-0.15, -0.1) is 11.3 Å². The average molecular weight is 351 g/mol. The quantitative estimate of drug-likeness (QED) is 0.768. The topological polar surface area (TPSA) is 45.2 Å². The predicted molar refractivity (Wildman–Crippen MR) is 103 cm³/mol. The van der Waals surface area contributed by atoms with E-state index >= 15 is 0 Å². The Bertz CT molecular complexity index is 912. The van der Waals surface area contributed by atoms with Gasteiger partial charge in [0.1, 0.15) is 5.82 Å². The van der Waals surface area contributed by atoms with Crippen molar-refractivity contribution in [2.75, 3.05) is 18.0 Å². The van der Waals surface area contributed by atoms with E-state index in [2.05, 4.69) is 28.6 Å². The number of thiophene rings is 1. The van der Waals surface area contributed by atoms with Crippen LogP contribution in [0, 0.1) is 6.92 Å². The zero-order valence-corrected chi connectivity index (χ0v) is 15.1. The number of benzene rings is 1. The lowest BCUT2D eigenvalue weighted by atomic mass is 10.1. The summed E-state index contributed by atoms with van der Waals surface area (Å²) in [5, 5.41) is 6.14. The van der Waals surface area contributed by atoms with Crippen LogP contribution in [0.4, 0.5) is 5.82 Å². The molecule has 3 aromatic rings. The van der Waals surface area contributed by atoms with E-state index in [9.17, 15) is 4.79 Å². The van der Waals surface area contributed by atoms with Gasteiger partial charge >= 0.3 is 0 Å². The van der Waals surface area contributed by atoms with Gasteiger partial charge in [-0.05, 0) is 48.9 Å². The van der Waals surface area contributed by atoms with Crippen LogP contribution >= 0.6 is 11.3 Å². The number of aromatic nitrogens is 1. The highest BCUT2D eigenvalue weighted by atomic mass is 32.1. The Morgan fingerprint density at radius 1 is 1.24 bits per heavy atom. The van der Waals surface area contributed by atoms with E-state index in [1.54, 1.807) is 11.3 Å². The molecule has 0 unspecified atom stereocenters. The second-order valence-electron chi connectivity index (χ2n) is 6.46. The molecule has 4 nitrogen and oxygen atoms in total. The number of nitrogens with one attached hydrogen (secondary N) is 1. The first kappa shape index (κ1) is 16.1. The minimum atomic E-state index is -0.0482. The highest BCUT2D eigenvalue weighted by molar-refractivity contribution is 7.10. The number of hydrogen-bond acceptors (Lipinski definition) is 4. The molecule has 1 saturated heterocycles. The van der Waals surface area contributed by atoms with Crippen molar-refractivity contribution < 1.29 is 4.79 Å². The van der Waals surface area contributed by atoms with Crippen molar-refractivity contribution in [3.63, 3.8) is 0 Å². The fourth-order valence-electron chi connectivity index (χ4n) is 3.28. The van der Waals surface area contributed by atoms with Crippen LogP contribution < -0.4 is 10.2 Å². The number of aryl methyl sites for hydroxylation is 1. The van der Waals surface area contributed by atoms with E-state index in [0.717, 1.165) is 42.7 Å². The number of carbonyl (C=O) groups is 1. The van der Waals surface area contributed by atoms with Crippen LogP contribution in [0.2, 0.25) is 0 Å². The van der Waals surface area contributed by atoms with Crippen molar-refractivity contribution in [3.8, 4) is 0 Å². The number of para-hydroxylation sites is 1. The van der Waals surface area contributed by atoms with Gasteiger partial charge in [-0.3, -0.25) is 4.79 Å². The second-order valence-corrected chi connectivity index (χ2v) is 7.46. The van der Waals surface area contributed by atoms with Crippen LogP contribution in [0.25, 0.3) is 10.9 Å². The lowest BCUT2D eigenvalue weighted by molar-refractivity contribution is 0.0951. The summed E-state index contributed by atoms with van der Waals surface area (Å²) >= 11 is 1.68. The highest BCUT2D eigenvalue weighted by Gasteiger charge is 2.22. The molecule has 1 aliphatic rings. The average Bonchev–Trinajstić information content (AvgIpc) is 3.30. The highest BCUT2D eigenvalue weighted by Crippen LogP contribution is 2.27. The predicted octanol–water partition coefficient (Wildman–Crippen LogP) is 4.13. The van der Waals surface area contributed by atoms with Crippen LogP contribution in [0.3, 0.4) is 0 Å². The Labute approximate surface area is 151 Å². The maximum absolute atomic E-state index is 12.9. The van der Waals surface area contributed by atoms with Crippen molar-refractivity contribution in [1.82, 2.24) is 10.3 Å². The first-order valence-electron chi connectivity index (χ1n) is 8.68. The van der Waals surface area contributed by atoms with Crippen molar-refractivity contribution >= 4 is 34.0 Å². The molecular weight excluding hydrogens is 330 g/mol. The normalized spacial score (nSPS) is 14.2. The zero-order valence-electron chi connectivity index (χ0n) is 14.3. The van der Waals surface area contributed by atoms with Crippen LogP contribution in [0.5, 0.6) is 0 Å². The number of pyridine rings is 1. The van der Waals surface area contributed by atoms with Crippen molar-refractivity contribution in [2.45, 2.75) is 26.3 Å². The Morgan fingerprint density at radius 2 is 2.04 bits per heavy atom. The van der Waals surface area contributed by atoms with Crippen molar-refractivity contribution in [2.24, 2.45) is 0 Å². The number of fused-ring (bicyclic) bond motifs is 1. The molecule has 1 amide bonds. The molecule has 3 heterocycles. The number of amides is 1. The maximum Gasteiger partial charge on any atom is 0.255 e. The molecule has 1 fully saturated rings. The van der Waals surface area contributed by atoms with Gasteiger partial charge in [0.25, 0.3) is 5.91 Å². The SMILES string of the molecule is Cc1ccsc1CNC(=O)c1cc2ccccc2nc1N1CCCC1. The molecule has 2 aromatic heterocycles. The van der Waals surface area contributed by atoms with E-state index in [4.69, 9.17) is 4.98 Å². The summed E-state index contributed by atoms with van der Waals surface area (Å²) in [6.07, 6.45) is 2.31. The van der Waals surface area contributed by atoms with Crippen LogP contribution in [-0.4, -0.2) is 24.0 Å². The number of hydrogen-bond donors (Lipinski definition) is 1. The molecule has 0 atom stereocenters. The van der Waals surface area contributed by atoms with Crippen molar-refractivity contribution in [3.05, 3.63) is 57.8 Å². The standard InChI is InChI=1S/C20H21N3OS/c1-14-8-11-25-18(14)13-21-20(24)16-12-15-6-2-3-7-17(15)22-19(16)23-9-4-5-10-23/h2-3,6-8,11-12H,4-5,9-10,13H2,1H3,(H,21,24). The molecule has 0 bridgehead atoms. The van der Waals surface area contributed by atoms with Crippen molar-refractivity contribution in [1.29, 1.82) is 0 Å². The summed E-state index contributed by atoms with van der Waals surface area (Å²) in [6, 6.07) is 12.0. The fraction of sp³-hybridized carbons (Fsp3) is 0.300. The second kappa shape index (κ2) is 6.84. The minimum Gasteiger partial charge on any atom is -0.356 e. The lowest BCUT2D eigenvalue weighted by Crippen LogP contribution is -2.28. The summed E-state index contributed by atoms with van der Waals surface area (Å²) in [4.78, 5) is 21.1. The Hall–Kier alpha value is -2.40. The van der Waals surface area contributed by atoms with E-state index < -0.39 is 0 Å². The number of nitrogens with zero attached hydrogens (tertiary/aromatic N) is 2. The molecular formula is C20H21N3OS. The van der Waals surface area contributed by atoms with E-state index in [1.165, 1.54) is 10.4 Å². The molecule has 1 aliphatic heterocycles. The van der Waals surface area contributed by atoms with Gasteiger partial charge in [0.2, 0.25) is 0 Å². The summed E-state index contributed by atoms with van der Waals surface area (Å²) in [7, 11) is 0. The van der Waals surface area contributed by atoms with Gasteiger partial charge in [0.15, 0.2) is 0 Å². The lowest BCUT2D eigenvalue weighted by Gasteiger charge is -2.20. The Morgan fingerprint density at radius 3 is 2.80 bits per heavy atom. The molecule has 1 aromatic carbocycles. The van der Waals surface area contributed by atoms with E-state index in [-0.39, 0.29) is 5.91 Å². The first-order valence-corrected chi connectivity index (χ1v) is 9.56. The minimum absolute atomic E-state index is 0.0482. The molecule has 0 radical (unpaired) electrons. The summed E-state index contributed by atoms with van der Waals surface area (Å²) in [5.74, 6) is 0.768. The largest absolute Gasteiger partial charge is 0.356 e. The fourth-order valence-corrected chi connectivity index (χ4v) is 4.13.